The molecule has 1 saturated heterocycles. The molecule has 1 aliphatic rings. The molecule has 2 aromatic rings. The molecule has 0 spiro atoms. The Bertz CT molecular complexity index is 756. The Hall–Kier alpha value is -2.42. The molecule has 24 heavy (non-hydrogen) atoms. The quantitative estimate of drug-likeness (QED) is 0.618. The molecule has 10 heteroatoms. The van der Waals surface area contributed by atoms with Gasteiger partial charge in [0.05, 0.1) is 25.9 Å². The topological polar surface area (TPSA) is 113 Å². The van der Waals surface area contributed by atoms with Gasteiger partial charge in [-0.1, -0.05) is 0 Å². The molecule has 1 amide bonds. The number of methoxy groups -OCH3 is 1. The maximum atomic E-state index is 12.3. The van der Waals surface area contributed by atoms with Gasteiger partial charge in [-0.3, -0.25) is 9.59 Å². The SMILES string of the molecule is COC(=O)C1CCN(C(=O)CNc2nc(Cl)nc3nc[nH]c23)CC1. The van der Waals surface area contributed by atoms with E-state index < -0.39 is 0 Å². The molecule has 0 bridgehead atoms. The molecular formula is C14H17ClN6O3. The number of nitrogens with one attached hydrogen (secondary N) is 2. The Labute approximate surface area is 142 Å². The van der Waals surface area contributed by atoms with E-state index in [1.165, 1.54) is 13.4 Å². The maximum absolute atomic E-state index is 12.3. The van der Waals surface area contributed by atoms with Crippen LogP contribution in [-0.4, -0.2) is 63.5 Å². The van der Waals surface area contributed by atoms with Crippen LogP contribution in [0.2, 0.25) is 5.28 Å². The molecule has 1 aliphatic heterocycles. The molecule has 0 aromatic carbocycles. The van der Waals surface area contributed by atoms with Gasteiger partial charge in [0, 0.05) is 13.1 Å². The van der Waals surface area contributed by atoms with Gasteiger partial charge in [0.1, 0.15) is 5.52 Å². The highest BCUT2D eigenvalue weighted by Gasteiger charge is 2.27. The zero-order chi connectivity index (χ0) is 17.1. The van der Waals surface area contributed by atoms with Crippen LogP contribution in [0.4, 0.5) is 5.82 Å². The van der Waals surface area contributed by atoms with E-state index >= 15 is 0 Å². The van der Waals surface area contributed by atoms with Crippen molar-refractivity contribution in [2.45, 2.75) is 12.8 Å². The number of hydrogen-bond donors (Lipinski definition) is 2. The minimum Gasteiger partial charge on any atom is -0.469 e. The molecule has 0 unspecified atom stereocenters. The number of likely N-dealkylation sites (tertiary alicyclic amines) is 1. The first-order valence-electron chi connectivity index (χ1n) is 7.54. The number of aromatic nitrogens is 4. The highest BCUT2D eigenvalue weighted by Crippen LogP contribution is 2.20. The Morgan fingerprint density at radius 2 is 2.17 bits per heavy atom. The zero-order valence-electron chi connectivity index (χ0n) is 13.1. The van der Waals surface area contributed by atoms with Crippen LogP contribution in [0.3, 0.4) is 0 Å². The van der Waals surface area contributed by atoms with Crippen LogP contribution in [-0.2, 0) is 14.3 Å². The van der Waals surface area contributed by atoms with Crippen molar-refractivity contribution < 1.29 is 14.3 Å². The number of aromatic amines is 1. The summed E-state index contributed by atoms with van der Waals surface area (Å²) in [5.41, 5.74) is 1.03. The van der Waals surface area contributed by atoms with Crippen LogP contribution in [0.5, 0.6) is 0 Å². The number of rotatable bonds is 4. The number of fused-ring (bicyclic) bond motifs is 1. The molecule has 0 saturated carbocycles. The van der Waals surface area contributed by atoms with Crippen LogP contribution in [0, 0.1) is 5.92 Å². The molecule has 3 heterocycles. The standard InChI is InChI=1S/C14H17ClN6O3/c1-24-13(23)8-2-4-21(5-3-8)9(22)6-16-11-10-12(18-7-17-10)20-14(15)19-11/h7-8H,2-6H2,1H3,(H2,16,17,18,19,20). The van der Waals surface area contributed by atoms with Crippen molar-refractivity contribution >= 4 is 40.5 Å². The van der Waals surface area contributed by atoms with Crippen molar-refractivity contribution in [3.63, 3.8) is 0 Å². The second kappa shape index (κ2) is 7.00. The number of nitrogens with zero attached hydrogens (tertiary/aromatic N) is 4. The largest absolute Gasteiger partial charge is 0.469 e. The number of H-pyrrole nitrogens is 1. The summed E-state index contributed by atoms with van der Waals surface area (Å²) >= 11 is 5.85. The molecule has 1 fully saturated rings. The third-order valence-electron chi connectivity index (χ3n) is 4.05. The van der Waals surface area contributed by atoms with Gasteiger partial charge in [0.25, 0.3) is 0 Å². The highest BCUT2D eigenvalue weighted by atomic mass is 35.5. The number of imidazole rings is 1. The number of anilines is 1. The van der Waals surface area contributed by atoms with Gasteiger partial charge in [-0.15, -0.1) is 0 Å². The first-order valence-corrected chi connectivity index (χ1v) is 7.92. The molecule has 0 radical (unpaired) electrons. The Morgan fingerprint density at radius 3 is 2.88 bits per heavy atom. The van der Waals surface area contributed by atoms with Gasteiger partial charge in [-0.05, 0) is 24.4 Å². The van der Waals surface area contributed by atoms with Crippen molar-refractivity contribution in [2.24, 2.45) is 5.92 Å². The smallest absolute Gasteiger partial charge is 0.308 e. The van der Waals surface area contributed by atoms with Gasteiger partial charge < -0.3 is 19.9 Å². The molecule has 0 atom stereocenters. The second-order valence-electron chi connectivity index (χ2n) is 5.47. The van der Waals surface area contributed by atoms with E-state index in [1.54, 1.807) is 4.90 Å². The fourth-order valence-corrected chi connectivity index (χ4v) is 2.90. The number of carbonyl (C=O) groups is 2. The van der Waals surface area contributed by atoms with Crippen LogP contribution >= 0.6 is 11.6 Å². The predicted octanol–water partition coefficient (Wildman–Crippen LogP) is 0.830. The van der Waals surface area contributed by atoms with Crippen LogP contribution < -0.4 is 5.32 Å². The normalized spacial score (nSPS) is 15.5. The van der Waals surface area contributed by atoms with E-state index in [9.17, 15) is 9.59 Å². The van der Waals surface area contributed by atoms with Crippen molar-refractivity contribution in [3.05, 3.63) is 11.6 Å². The van der Waals surface area contributed by atoms with Crippen LogP contribution in [0.1, 0.15) is 12.8 Å². The fourth-order valence-electron chi connectivity index (χ4n) is 2.74. The number of amides is 1. The molecule has 9 nitrogen and oxygen atoms in total. The molecule has 128 valence electrons. The summed E-state index contributed by atoms with van der Waals surface area (Å²) in [6.07, 6.45) is 2.71. The lowest BCUT2D eigenvalue weighted by Gasteiger charge is -2.30. The Kier molecular flexibility index (Phi) is 4.79. The third-order valence-corrected chi connectivity index (χ3v) is 4.22. The Balaban J connectivity index is 1.58. The third kappa shape index (κ3) is 3.40. The molecule has 0 aliphatic carbocycles. The van der Waals surface area contributed by atoms with E-state index in [1.807, 2.05) is 0 Å². The maximum Gasteiger partial charge on any atom is 0.308 e. The first-order chi connectivity index (χ1) is 11.6. The summed E-state index contributed by atoms with van der Waals surface area (Å²) in [5.74, 6) is 0.0239. The van der Waals surface area contributed by atoms with Crippen molar-refractivity contribution in [2.75, 3.05) is 32.1 Å². The number of piperidine rings is 1. The minimum absolute atomic E-state index is 0.0587. The summed E-state index contributed by atoms with van der Waals surface area (Å²) in [4.78, 5) is 40.5. The minimum atomic E-state index is -0.211. The molecule has 3 rings (SSSR count). The summed E-state index contributed by atoms with van der Waals surface area (Å²) in [5, 5.41) is 3.03. The highest BCUT2D eigenvalue weighted by molar-refractivity contribution is 6.28. The van der Waals surface area contributed by atoms with Gasteiger partial charge in [0.15, 0.2) is 11.5 Å². The lowest BCUT2D eigenvalue weighted by Crippen LogP contribution is -2.43. The van der Waals surface area contributed by atoms with E-state index in [2.05, 4.69) is 25.3 Å². The van der Waals surface area contributed by atoms with Crippen molar-refractivity contribution in [1.29, 1.82) is 0 Å². The van der Waals surface area contributed by atoms with Gasteiger partial charge in [-0.2, -0.15) is 9.97 Å². The van der Waals surface area contributed by atoms with Crippen LogP contribution in [0.15, 0.2) is 6.33 Å². The monoisotopic (exact) mass is 352 g/mol. The van der Waals surface area contributed by atoms with E-state index in [4.69, 9.17) is 16.3 Å². The van der Waals surface area contributed by atoms with Crippen molar-refractivity contribution in [1.82, 2.24) is 24.8 Å². The predicted molar refractivity (Wildman–Crippen MR) is 86.5 cm³/mol. The zero-order valence-corrected chi connectivity index (χ0v) is 13.8. The van der Waals surface area contributed by atoms with Crippen molar-refractivity contribution in [3.8, 4) is 0 Å². The fraction of sp³-hybridized carbons (Fsp3) is 0.500. The number of ether oxygens (including phenoxy) is 1. The van der Waals surface area contributed by atoms with Gasteiger partial charge in [0.2, 0.25) is 11.2 Å². The Morgan fingerprint density at radius 1 is 1.42 bits per heavy atom. The summed E-state index contributed by atoms with van der Waals surface area (Å²) in [7, 11) is 1.38. The second-order valence-corrected chi connectivity index (χ2v) is 5.81. The summed E-state index contributed by atoms with van der Waals surface area (Å²) in [6, 6.07) is 0. The van der Waals surface area contributed by atoms with E-state index in [-0.39, 0.29) is 29.6 Å². The first kappa shape index (κ1) is 16.4. The van der Waals surface area contributed by atoms with E-state index in [0.29, 0.717) is 42.9 Å². The lowest BCUT2D eigenvalue weighted by molar-refractivity contribution is -0.148. The number of halogens is 1. The number of carbonyl (C=O) groups excluding carboxylic acids is 2. The number of hydrogen-bond acceptors (Lipinski definition) is 7. The van der Waals surface area contributed by atoms with Gasteiger partial charge in [-0.25, -0.2) is 4.98 Å². The van der Waals surface area contributed by atoms with E-state index in [0.717, 1.165) is 0 Å². The summed E-state index contributed by atoms with van der Waals surface area (Å²) < 4.78 is 4.74. The molecule has 2 N–H and O–H groups in total. The number of esters is 1. The van der Waals surface area contributed by atoms with Gasteiger partial charge >= 0.3 is 5.97 Å². The molecule has 2 aromatic heterocycles. The molecular weight excluding hydrogens is 336 g/mol. The average Bonchev–Trinajstić information content (AvgIpc) is 3.07. The van der Waals surface area contributed by atoms with Crippen LogP contribution in [0.25, 0.3) is 11.2 Å². The average molecular weight is 353 g/mol. The summed E-state index contributed by atoms with van der Waals surface area (Å²) in [6.45, 7) is 1.14. The lowest BCUT2D eigenvalue weighted by atomic mass is 9.97.